The predicted molar refractivity (Wildman–Crippen MR) is 83.2 cm³/mol. The van der Waals surface area contributed by atoms with Crippen molar-refractivity contribution in [2.75, 3.05) is 7.05 Å². The van der Waals surface area contributed by atoms with E-state index >= 15 is 0 Å². The Kier molecular flexibility index (Phi) is 5.26. The van der Waals surface area contributed by atoms with Crippen molar-refractivity contribution in [3.05, 3.63) is 41.9 Å². The molecule has 6 heteroatoms. The summed E-state index contributed by atoms with van der Waals surface area (Å²) in [4.78, 5) is 27.7. The van der Waals surface area contributed by atoms with Crippen LogP contribution in [0, 0.1) is 24.2 Å². The molecule has 2 aromatic rings. The molecule has 2 rings (SSSR count). The molecular formula is C17H17N3O3. The predicted octanol–water partition coefficient (Wildman–Crippen LogP) is 2.04. The van der Waals surface area contributed by atoms with Gasteiger partial charge in [-0.05, 0) is 6.92 Å². The van der Waals surface area contributed by atoms with Gasteiger partial charge in [0.2, 0.25) is 5.91 Å². The van der Waals surface area contributed by atoms with Crippen molar-refractivity contribution in [2.24, 2.45) is 5.92 Å². The summed E-state index contributed by atoms with van der Waals surface area (Å²) in [6.45, 7) is 1.83. The average molecular weight is 311 g/mol. The van der Waals surface area contributed by atoms with Gasteiger partial charge in [-0.1, -0.05) is 30.3 Å². The summed E-state index contributed by atoms with van der Waals surface area (Å²) in [6.07, 6.45) is 0.279. The zero-order valence-electron chi connectivity index (χ0n) is 13.0. The van der Waals surface area contributed by atoms with Crippen LogP contribution in [0.1, 0.15) is 18.0 Å². The monoisotopic (exact) mass is 311 g/mol. The molecular weight excluding hydrogens is 294 g/mol. The molecule has 0 fully saturated rings. The SMILES string of the molecule is CNC(=O)[C@@H](C#N)C(=O)CCc1nc(C)c(-c2ccccc2)o1. The molecule has 6 nitrogen and oxygen atoms in total. The standard InChI is InChI=1S/C17H17N3O3/c1-11-16(12-6-4-3-5-7-12)23-15(20-11)9-8-14(21)13(10-18)17(22)19-2/h3-7,13H,8-9H2,1-2H3,(H,19,22)/t13-/m0/s1. The van der Waals surface area contributed by atoms with Gasteiger partial charge in [-0.2, -0.15) is 5.26 Å². The van der Waals surface area contributed by atoms with Crippen LogP contribution in [0.25, 0.3) is 11.3 Å². The number of carbonyl (C=O) groups excluding carboxylic acids is 2. The highest BCUT2D eigenvalue weighted by atomic mass is 16.4. The number of aryl methyl sites for hydroxylation is 2. The van der Waals surface area contributed by atoms with Gasteiger partial charge in [0.1, 0.15) is 0 Å². The van der Waals surface area contributed by atoms with Crippen LogP contribution in [-0.2, 0) is 16.0 Å². The first-order valence-corrected chi connectivity index (χ1v) is 7.22. The van der Waals surface area contributed by atoms with Crippen LogP contribution < -0.4 is 5.32 Å². The molecule has 0 spiro atoms. The van der Waals surface area contributed by atoms with Crippen LogP contribution in [0.5, 0.6) is 0 Å². The van der Waals surface area contributed by atoms with E-state index in [0.717, 1.165) is 11.3 Å². The summed E-state index contributed by atoms with van der Waals surface area (Å²) >= 11 is 0. The number of oxazole rings is 1. The van der Waals surface area contributed by atoms with E-state index in [1.54, 1.807) is 6.07 Å². The number of rotatable bonds is 6. The Morgan fingerprint density at radius 2 is 2.04 bits per heavy atom. The maximum Gasteiger partial charge on any atom is 0.244 e. The number of benzene rings is 1. The van der Waals surface area contributed by atoms with E-state index in [4.69, 9.17) is 9.68 Å². The number of aromatic nitrogens is 1. The molecule has 0 unspecified atom stereocenters. The molecule has 0 saturated heterocycles. The highest BCUT2D eigenvalue weighted by Gasteiger charge is 2.25. The zero-order chi connectivity index (χ0) is 16.8. The second-order valence-electron chi connectivity index (χ2n) is 5.03. The summed E-state index contributed by atoms with van der Waals surface area (Å²) in [7, 11) is 1.39. The van der Waals surface area contributed by atoms with Crippen LogP contribution in [0.4, 0.5) is 0 Å². The summed E-state index contributed by atoms with van der Waals surface area (Å²) in [6, 6.07) is 11.3. The number of nitriles is 1. The van der Waals surface area contributed by atoms with Crippen molar-refractivity contribution in [1.29, 1.82) is 5.26 Å². The lowest BCUT2D eigenvalue weighted by atomic mass is 10.0. The second kappa shape index (κ2) is 7.36. The Bertz CT molecular complexity index is 744. The number of nitrogens with one attached hydrogen (secondary N) is 1. The van der Waals surface area contributed by atoms with E-state index in [0.29, 0.717) is 11.7 Å². The maximum absolute atomic E-state index is 12.0. The highest BCUT2D eigenvalue weighted by Crippen LogP contribution is 2.24. The molecule has 0 bridgehead atoms. The van der Waals surface area contributed by atoms with Crippen LogP contribution in [0.3, 0.4) is 0 Å². The first-order chi connectivity index (χ1) is 11.1. The molecule has 1 amide bonds. The summed E-state index contributed by atoms with van der Waals surface area (Å²) in [5.74, 6) is -1.24. The van der Waals surface area contributed by atoms with Gasteiger partial charge in [0.15, 0.2) is 23.4 Å². The molecule has 1 aromatic carbocycles. The van der Waals surface area contributed by atoms with Gasteiger partial charge < -0.3 is 9.73 Å². The van der Waals surface area contributed by atoms with Crippen molar-refractivity contribution in [2.45, 2.75) is 19.8 Å². The number of hydrogen-bond donors (Lipinski definition) is 1. The van der Waals surface area contributed by atoms with E-state index in [1.807, 2.05) is 37.3 Å². The summed E-state index contributed by atoms with van der Waals surface area (Å²) in [5, 5.41) is 11.2. The van der Waals surface area contributed by atoms with E-state index in [-0.39, 0.29) is 12.8 Å². The van der Waals surface area contributed by atoms with Crippen molar-refractivity contribution in [1.82, 2.24) is 10.3 Å². The van der Waals surface area contributed by atoms with Crippen LogP contribution in [-0.4, -0.2) is 23.7 Å². The Labute approximate surface area is 134 Å². The summed E-state index contributed by atoms with van der Waals surface area (Å²) < 4.78 is 5.70. The Morgan fingerprint density at radius 3 is 2.65 bits per heavy atom. The number of Topliss-reactive ketones (excluding diaryl/α,β-unsaturated/α-hetero) is 1. The van der Waals surface area contributed by atoms with Gasteiger partial charge in [0, 0.05) is 25.5 Å². The van der Waals surface area contributed by atoms with Gasteiger partial charge in [-0.25, -0.2) is 4.98 Å². The Morgan fingerprint density at radius 1 is 1.35 bits per heavy atom. The van der Waals surface area contributed by atoms with Crippen molar-refractivity contribution in [3.63, 3.8) is 0 Å². The smallest absolute Gasteiger partial charge is 0.244 e. The topological polar surface area (TPSA) is 96.0 Å². The van der Waals surface area contributed by atoms with E-state index in [1.165, 1.54) is 7.05 Å². The fraction of sp³-hybridized carbons (Fsp3) is 0.294. The average Bonchev–Trinajstić information content (AvgIpc) is 2.95. The Hall–Kier alpha value is -2.94. The number of hydrogen-bond acceptors (Lipinski definition) is 5. The normalized spacial score (nSPS) is 11.5. The molecule has 1 N–H and O–H groups in total. The van der Waals surface area contributed by atoms with E-state index in [9.17, 15) is 9.59 Å². The summed E-state index contributed by atoms with van der Waals surface area (Å²) in [5.41, 5.74) is 1.65. The first-order valence-electron chi connectivity index (χ1n) is 7.22. The molecule has 0 radical (unpaired) electrons. The van der Waals surface area contributed by atoms with Gasteiger partial charge in [0.25, 0.3) is 0 Å². The van der Waals surface area contributed by atoms with Gasteiger partial charge in [-0.15, -0.1) is 0 Å². The minimum Gasteiger partial charge on any atom is -0.440 e. The van der Waals surface area contributed by atoms with Crippen molar-refractivity contribution >= 4 is 11.7 Å². The molecule has 0 saturated carbocycles. The number of amides is 1. The molecule has 23 heavy (non-hydrogen) atoms. The third-order valence-electron chi connectivity index (χ3n) is 3.42. The maximum atomic E-state index is 12.0. The lowest BCUT2D eigenvalue weighted by Gasteiger charge is -2.05. The molecule has 0 aliphatic carbocycles. The molecule has 0 aliphatic heterocycles. The lowest BCUT2D eigenvalue weighted by Crippen LogP contribution is -2.32. The van der Waals surface area contributed by atoms with Gasteiger partial charge >= 0.3 is 0 Å². The number of carbonyl (C=O) groups is 2. The first kappa shape index (κ1) is 16.4. The van der Waals surface area contributed by atoms with Gasteiger partial charge in [0.05, 0.1) is 11.8 Å². The molecule has 1 heterocycles. The van der Waals surface area contributed by atoms with Gasteiger partial charge in [-0.3, -0.25) is 9.59 Å². The van der Waals surface area contributed by atoms with Crippen LogP contribution in [0.2, 0.25) is 0 Å². The minimum absolute atomic E-state index is 0.0276. The van der Waals surface area contributed by atoms with E-state index < -0.39 is 17.6 Å². The van der Waals surface area contributed by atoms with Crippen molar-refractivity contribution < 1.29 is 14.0 Å². The third kappa shape index (κ3) is 3.83. The quantitative estimate of drug-likeness (QED) is 0.823. The largest absolute Gasteiger partial charge is 0.440 e. The molecule has 1 atom stereocenters. The third-order valence-corrected chi connectivity index (χ3v) is 3.42. The lowest BCUT2D eigenvalue weighted by molar-refractivity contribution is -0.131. The molecule has 118 valence electrons. The number of ketones is 1. The van der Waals surface area contributed by atoms with Crippen molar-refractivity contribution in [3.8, 4) is 17.4 Å². The van der Waals surface area contributed by atoms with Crippen LogP contribution >= 0.6 is 0 Å². The number of nitrogens with zero attached hydrogens (tertiary/aromatic N) is 2. The zero-order valence-corrected chi connectivity index (χ0v) is 13.0. The van der Waals surface area contributed by atoms with E-state index in [2.05, 4.69) is 10.3 Å². The minimum atomic E-state index is -1.29. The fourth-order valence-electron chi connectivity index (χ4n) is 2.21. The second-order valence-corrected chi connectivity index (χ2v) is 5.03. The molecule has 1 aromatic heterocycles. The molecule has 0 aliphatic rings. The fourth-order valence-corrected chi connectivity index (χ4v) is 2.21. The van der Waals surface area contributed by atoms with Crippen LogP contribution in [0.15, 0.2) is 34.7 Å². The highest BCUT2D eigenvalue weighted by molar-refractivity contribution is 6.03. The Balaban J connectivity index is 2.06.